The molecular formula is C9H11BrO4S2. The molecule has 1 aromatic heterocycles. The molecule has 1 heterocycles. The first-order chi connectivity index (χ1) is 7.36. The van der Waals surface area contributed by atoms with Crippen LogP contribution in [-0.2, 0) is 20.4 Å². The van der Waals surface area contributed by atoms with Crippen molar-refractivity contribution in [3.63, 3.8) is 0 Å². The van der Waals surface area contributed by atoms with Crippen LogP contribution in [0.3, 0.4) is 0 Å². The van der Waals surface area contributed by atoms with Gasteiger partial charge < -0.3 is 5.11 Å². The minimum absolute atomic E-state index is 0.0875. The summed E-state index contributed by atoms with van der Waals surface area (Å²) in [7, 11) is -3.62. The summed E-state index contributed by atoms with van der Waals surface area (Å²) in [6.45, 7) is 1.56. The van der Waals surface area contributed by atoms with E-state index >= 15 is 0 Å². The van der Waals surface area contributed by atoms with Crippen molar-refractivity contribution < 1.29 is 18.3 Å². The van der Waals surface area contributed by atoms with Crippen LogP contribution in [0.5, 0.6) is 0 Å². The molecule has 0 aliphatic rings. The molecule has 0 aliphatic carbocycles. The summed E-state index contributed by atoms with van der Waals surface area (Å²) in [5, 5.41) is 7.50. The molecule has 0 bridgehead atoms. The fourth-order valence-electron chi connectivity index (χ4n) is 1.31. The number of sulfone groups is 1. The van der Waals surface area contributed by atoms with E-state index in [1.54, 1.807) is 19.1 Å². The van der Waals surface area contributed by atoms with E-state index in [9.17, 15) is 13.2 Å². The van der Waals surface area contributed by atoms with E-state index in [0.717, 1.165) is 3.79 Å². The molecule has 16 heavy (non-hydrogen) atoms. The Bertz CT molecular complexity index is 477. The zero-order valence-electron chi connectivity index (χ0n) is 8.51. The van der Waals surface area contributed by atoms with Gasteiger partial charge in [-0.05, 0) is 34.5 Å². The van der Waals surface area contributed by atoms with Gasteiger partial charge in [-0.1, -0.05) is 6.92 Å². The summed E-state index contributed by atoms with van der Waals surface area (Å²) >= 11 is 4.53. The lowest BCUT2D eigenvalue weighted by molar-refractivity contribution is -0.136. The van der Waals surface area contributed by atoms with Crippen LogP contribution in [0.2, 0.25) is 0 Å². The van der Waals surface area contributed by atoms with E-state index < -0.39 is 21.1 Å². The average Bonchev–Trinajstić information content (AvgIpc) is 2.49. The number of halogens is 1. The van der Waals surface area contributed by atoms with Gasteiger partial charge in [0.25, 0.3) is 0 Å². The van der Waals surface area contributed by atoms with Crippen molar-refractivity contribution in [1.29, 1.82) is 0 Å². The highest BCUT2D eigenvalue weighted by atomic mass is 79.9. The lowest BCUT2D eigenvalue weighted by Crippen LogP contribution is -2.30. The number of carbonyl (C=O) groups is 1. The van der Waals surface area contributed by atoms with Crippen LogP contribution in [0.15, 0.2) is 15.9 Å². The zero-order valence-corrected chi connectivity index (χ0v) is 11.7. The van der Waals surface area contributed by atoms with Crippen molar-refractivity contribution in [2.45, 2.75) is 24.3 Å². The lowest BCUT2D eigenvalue weighted by Gasteiger charge is -2.09. The molecule has 0 fully saturated rings. The Morgan fingerprint density at radius 2 is 2.19 bits per heavy atom. The Morgan fingerprint density at radius 3 is 2.56 bits per heavy atom. The minimum Gasteiger partial charge on any atom is -0.480 e. The predicted molar refractivity (Wildman–Crippen MR) is 66.4 cm³/mol. The Kier molecular flexibility index (Phi) is 4.52. The highest BCUT2D eigenvalue weighted by molar-refractivity contribution is 9.11. The Labute approximate surface area is 106 Å². The standard InChI is InChI=1S/C9H11BrO4S2/c1-2-7(9(11)12)16(13,14)5-6-3-4-8(10)15-6/h3-4,7H,2,5H2,1H3,(H,11,12). The number of carboxylic acid groups (broad SMARTS) is 1. The van der Waals surface area contributed by atoms with Crippen LogP contribution in [0.25, 0.3) is 0 Å². The lowest BCUT2D eigenvalue weighted by atomic mass is 10.3. The largest absolute Gasteiger partial charge is 0.480 e. The second-order valence-electron chi connectivity index (χ2n) is 3.25. The van der Waals surface area contributed by atoms with Crippen molar-refractivity contribution in [2.75, 3.05) is 0 Å². The van der Waals surface area contributed by atoms with Gasteiger partial charge in [-0.25, -0.2) is 8.42 Å². The van der Waals surface area contributed by atoms with Crippen molar-refractivity contribution in [3.05, 3.63) is 20.8 Å². The number of rotatable bonds is 5. The van der Waals surface area contributed by atoms with E-state index in [-0.39, 0.29) is 12.2 Å². The summed E-state index contributed by atoms with van der Waals surface area (Å²) in [5.41, 5.74) is 0. The van der Waals surface area contributed by atoms with Gasteiger partial charge in [-0.2, -0.15) is 0 Å². The van der Waals surface area contributed by atoms with Gasteiger partial charge in [0.1, 0.15) is 0 Å². The normalized spacial score (nSPS) is 13.6. The molecule has 1 rings (SSSR count). The molecule has 90 valence electrons. The van der Waals surface area contributed by atoms with Gasteiger partial charge in [-0.3, -0.25) is 4.79 Å². The molecule has 0 aromatic carbocycles. The van der Waals surface area contributed by atoms with Crippen molar-refractivity contribution in [3.8, 4) is 0 Å². The van der Waals surface area contributed by atoms with Crippen molar-refractivity contribution in [2.24, 2.45) is 0 Å². The first-order valence-electron chi connectivity index (χ1n) is 4.55. The molecule has 0 aliphatic heterocycles. The maximum Gasteiger partial charge on any atom is 0.321 e. The Morgan fingerprint density at radius 1 is 1.56 bits per heavy atom. The van der Waals surface area contributed by atoms with E-state index in [0.29, 0.717) is 4.88 Å². The molecule has 7 heteroatoms. The van der Waals surface area contributed by atoms with Gasteiger partial charge in [0, 0.05) is 4.88 Å². The van der Waals surface area contributed by atoms with Crippen molar-refractivity contribution in [1.82, 2.24) is 0 Å². The molecule has 1 N–H and O–H groups in total. The van der Waals surface area contributed by atoms with E-state index in [1.807, 2.05) is 0 Å². The smallest absolute Gasteiger partial charge is 0.321 e. The molecule has 1 atom stereocenters. The summed E-state index contributed by atoms with van der Waals surface area (Å²) in [6, 6.07) is 3.43. The van der Waals surface area contributed by atoms with Gasteiger partial charge in [0.15, 0.2) is 15.1 Å². The Hall–Kier alpha value is -0.400. The molecule has 0 spiro atoms. The fraction of sp³-hybridized carbons (Fsp3) is 0.444. The average molecular weight is 327 g/mol. The first-order valence-corrected chi connectivity index (χ1v) is 7.88. The van der Waals surface area contributed by atoms with Crippen LogP contribution in [-0.4, -0.2) is 24.7 Å². The Balaban J connectivity index is 2.90. The molecule has 1 unspecified atom stereocenters. The molecule has 0 radical (unpaired) electrons. The number of hydrogen-bond acceptors (Lipinski definition) is 4. The van der Waals surface area contributed by atoms with Crippen molar-refractivity contribution >= 4 is 43.1 Å². The van der Waals surface area contributed by atoms with Gasteiger partial charge in [-0.15, -0.1) is 11.3 Å². The summed E-state index contributed by atoms with van der Waals surface area (Å²) < 4.78 is 24.4. The molecule has 0 saturated carbocycles. The molecular weight excluding hydrogens is 316 g/mol. The highest BCUT2D eigenvalue weighted by Crippen LogP contribution is 2.25. The van der Waals surface area contributed by atoms with Crippen LogP contribution in [0.1, 0.15) is 18.2 Å². The number of carboxylic acids is 1. The highest BCUT2D eigenvalue weighted by Gasteiger charge is 2.31. The zero-order chi connectivity index (χ0) is 12.3. The number of aliphatic carboxylic acids is 1. The number of hydrogen-bond donors (Lipinski definition) is 1. The molecule has 4 nitrogen and oxygen atoms in total. The quantitative estimate of drug-likeness (QED) is 0.901. The van der Waals surface area contributed by atoms with Crippen LogP contribution in [0, 0.1) is 0 Å². The van der Waals surface area contributed by atoms with E-state index in [1.165, 1.54) is 11.3 Å². The molecule has 0 amide bonds. The summed E-state index contributed by atoms with van der Waals surface area (Å²) in [5.74, 6) is -1.49. The number of thiophene rings is 1. The van der Waals surface area contributed by atoms with Crippen LogP contribution >= 0.6 is 27.3 Å². The first kappa shape index (κ1) is 13.7. The third-order valence-corrected chi connectivity index (χ3v) is 5.97. The maximum atomic E-state index is 11.8. The van der Waals surface area contributed by atoms with E-state index in [2.05, 4.69) is 15.9 Å². The fourth-order valence-corrected chi connectivity index (χ4v) is 4.83. The SMILES string of the molecule is CCC(C(=O)O)S(=O)(=O)Cc1ccc(Br)s1. The molecule has 0 saturated heterocycles. The van der Waals surface area contributed by atoms with Gasteiger partial charge in [0.2, 0.25) is 0 Å². The van der Waals surface area contributed by atoms with E-state index in [4.69, 9.17) is 5.11 Å². The molecule has 1 aromatic rings. The second-order valence-corrected chi connectivity index (χ2v) is 7.98. The van der Waals surface area contributed by atoms with Gasteiger partial charge >= 0.3 is 5.97 Å². The second kappa shape index (κ2) is 5.29. The monoisotopic (exact) mass is 326 g/mol. The van der Waals surface area contributed by atoms with Gasteiger partial charge in [0.05, 0.1) is 9.54 Å². The maximum absolute atomic E-state index is 11.8. The minimum atomic E-state index is -3.62. The topological polar surface area (TPSA) is 71.4 Å². The summed E-state index contributed by atoms with van der Waals surface area (Å²) in [4.78, 5) is 11.4. The predicted octanol–water partition coefficient (Wildman–Crippen LogP) is 2.29. The van der Waals surface area contributed by atoms with Crippen LogP contribution in [0.4, 0.5) is 0 Å². The summed E-state index contributed by atoms with van der Waals surface area (Å²) in [6.07, 6.45) is 0.0875. The third-order valence-electron chi connectivity index (χ3n) is 2.05. The third kappa shape index (κ3) is 3.29. The van der Waals surface area contributed by atoms with Crippen LogP contribution < -0.4 is 0 Å².